The highest BCUT2D eigenvalue weighted by Crippen LogP contribution is 2.17. The number of nitrogens with zero attached hydrogens (tertiary/aromatic N) is 1. The van der Waals surface area contributed by atoms with Crippen molar-refractivity contribution in [2.75, 3.05) is 10.6 Å². The summed E-state index contributed by atoms with van der Waals surface area (Å²) in [5, 5.41) is 5.36. The Labute approximate surface area is 130 Å². The van der Waals surface area contributed by atoms with Gasteiger partial charge < -0.3 is 5.32 Å². The molecular formula is C15H14BrN3O2. The average molecular weight is 348 g/mol. The van der Waals surface area contributed by atoms with Gasteiger partial charge in [0, 0.05) is 21.9 Å². The van der Waals surface area contributed by atoms with E-state index < -0.39 is 0 Å². The number of nitrogens with one attached hydrogen (secondary N) is 2. The number of pyridine rings is 1. The van der Waals surface area contributed by atoms with Crippen LogP contribution in [0.1, 0.15) is 22.8 Å². The number of aryl methyl sites for hydroxylation is 1. The van der Waals surface area contributed by atoms with Gasteiger partial charge in [-0.1, -0.05) is 0 Å². The summed E-state index contributed by atoms with van der Waals surface area (Å²) in [6, 6.07) is 8.17. The number of amides is 2. The van der Waals surface area contributed by atoms with Gasteiger partial charge in [0.15, 0.2) is 5.78 Å². The van der Waals surface area contributed by atoms with E-state index in [2.05, 4.69) is 31.5 Å². The van der Waals surface area contributed by atoms with E-state index in [4.69, 9.17) is 0 Å². The molecule has 0 saturated heterocycles. The Balaban J connectivity index is 2.02. The highest BCUT2D eigenvalue weighted by atomic mass is 79.9. The first-order valence-electron chi connectivity index (χ1n) is 6.27. The third-order valence-electron chi connectivity index (χ3n) is 2.83. The molecule has 0 unspecified atom stereocenters. The summed E-state index contributed by atoms with van der Waals surface area (Å²) in [6.07, 6.45) is 1.62. The van der Waals surface area contributed by atoms with Gasteiger partial charge >= 0.3 is 6.03 Å². The number of Topliss-reactive ketones (excluding diaryl/α,β-unsaturated/α-hetero) is 1. The van der Waals surface area contributed by atoms with Crippen LogP contribution in [-0.2, 0) is 0 Å². The predicted octanol–water partition coefficient (Wildman–Crippen LogP) is 4.00. The van der Waals surface area contributed by atoms with Crippen molar-refractivity contribution in [1.82, 2.24) is 4.98 Å². The van der Waals surface area contributed by atoms with Crippen molar-refractivity contribution < 1.29 is 9.59 Å². The molecule has 0 fully saturated rings. The van der Waals surface area contributed by atoms with Crippen LogP contribution in [0.15, 0.2) is 41.0 Å². The zero-order valence-corrected chi connectivity index (χ0v) is 13.2. The van der Waals surface area contributed by atoms with Crippen molar-refractivity contribution >= 4 is 39.2 Å². The Morgan fingerprint density at radius 1 is 1.14 bits per heavy atom. The van der Waals surface area contributed by atoms with Crippen LogP contribution >= 0.6 is 15.9 Å². The van der Waals surface area contributed by atoms with E-state index in [-0.39, 0.29) is 11.8 Å². The number of urea groups is 1. The van der Waals surface area contributed by atoms with Crippen LogP contribution in [0.3, 0.4) is 0 Å². The summed E-state index contributed by atoms with van der Waals surface area (Å²) < 4.78 is 0.853. The maximum Gasteiger partial charge on any atom is 0.324 e. The quantitative estimate of drug-likeness (QED) is 0.824. The molecule has 2 amide bonds. The number of anilines is 2. The van der Waals surface area contributed by atoms with Gasteiger partial charge in [0.2, 0.25) is 0 Å². The number of hydrogen-bond acceptors (Lipinski definition) is 3. The van der Waals surface area contributed by atoms with E-state index in [1.807, 2.05) is 13.0 Å². The molecule has 2 aromatic rings. The predicted molar refractivity (Wildman–Crippen MR) is 85.8 cm³/mol. The number of halogens is 1. The minimum atomic E-state index is -0.386. The summed E-state index contributed by atoms with van der Waals surface area (Å²) in [5.74, 6) is 0.483. The Kier molecular flexibility index (Phi) is 4.70. The van der Waals surface area contributed by atoms with Crippen molar-refractivity contribution in [3.05, 3.63) is 52.1 Å². The molecule has 0 aliphatic carbocycles. The zero-order chi connectivity index (χ0) is 15.4. The molecule has 0 atom stereocenters. The Morgan fingerprint density at radius 3 is 2.38 bits per heavy atom. The number of rotatable bonds is 3. The Bertz CT molecular complexity index is 684. The summed E-state index contributed by atoms with van der Waals surface area (Å²) in [6.45, 7) is 3.35. The number of carbonyl (C=O) groups excluding carboxylic acids is 2. The lowest BCUT2D eigenvalue weighted by Crippen LogP contribution is -2.20. The second-order valence-electron chi connectivity index (χ2n) is 4.53. The zero-order valence-electron chi connectivity index (χ0n) is 11.6. The molecular weight excluding hydrogens is 334 g/mol. The number of benzene rings is 1. The molecule has 6 heteroatoms. The third-order valence-corrected chi connectivity index (χ3v) is 3.26. The van der Waals surface area contributed by atoms with Gasteiger partial charge in [-0.15, -0.1) is 0 Å². The molecule has 0 aliphatic rings. The number of aromatic nitrogens is 1. The Morgan fingerprint density at radius 2 is 1.81 bits per heavy atom. The number of ketones is 1. The van der Waals surface area contributed by atoms with Gasteiger partial charge in [0.25, 0.3) is 0 Å². The molecule has 0 radical (unpaired) electrons. The molecule has 1 heterocycles. The van der Waals surface area contributed by atoms with Crippen LogP contribution in [0.25, 0.3) is 0 Å². The highest BCUT2D eigenvalue weighted by molar-refractivity contribution is 9.10. The molecule has 1 aromatic carbocycles. The molecule has 0 bridgehead atoms. The second kappa shape index (κ2) is 6.49. The van der Waals surface area contributed by atoms with Crippen LogP contribution in [0.2, 0.25) is 0 Å². The molecule has 108 valence electrons. The first kappa shape index (κ1) is 15.2. The lowest BCUT2D eigenvalue weighted by molar-refractivity contribution is 0.101. The first-order chi connectivity index (χ1) is 9.95. The van der Waals surface area contributed by atoms with Gasteiger partial charge in [-0.05, 0) is 65.7 Å². The molecule has 2 rings (SSSR count). The van der Waals surface area contributed by atoms with E-state index in [1.165, 1.54) is 6.92 Å². The van der Waals surface area contributed by atoms with Crippen LogP contribution in [-0.4, -0.2) is 16.8 Å². The van der Waals surface area contributed by atoms with E-state index in [9.17, 15) is 9.59 Å². The van der Waals surface area contributed by atoms with Crippen molar-refractivity contribution in [3.8, 4) is 0 Å². The van der Waals surface area contributed by atoms with Crippen LogP contribution < -0.4 is 10.6 Å². The van der Waals surface area contributed by atoms with Crippen molar-refractivity contribution in [2.45, 2.75) is 13.8 Å². The van der Waals surface area contributed by atoms with Crippen molar-refractivity contribution in [2.24, 2.45) is 0 Å². The lowest BCUT2D eigenvalue weighted by atomic mass is 10.1. The molecule has 0 saturated carbocycles. The largest absolute Gasteiger partial charge is 0.324 e. The SMILES string of the molecule is CC(=O)c1ccc(NC(=O)Nc2ncc(Br)cc2C)cc1. The maximum atomic E-state index is 11.9. The van der Waals surface area contributed by atoms with E-state index in [0.717, 1.165) is 10.0 Å². The monoisotopic (exact) mass is 347 g/mol. The standard InChI is InChI=1S/C15H14BrN3O2/c1-9-7-12(16)8-17-14(9)19-15(21)18-13-5-3-11(4-6-13)10(2)20/h3-8H,1-2H3,(H2,17,18,19,21). The van der Waals surface area contributed by atoms with Crippen LogP contribution in [0, 0.1) is 6.92 Å². The van der Waals surface area contributed by atoms with Crippen LogP contribution in [0.4, 0.5) is 16.3 Å². The topological polar surface area (TPSA) is 71.1 Å². The fourth-order valence-corrected chi connectivity index (χ4v) is 2.18. The number of carbonyl (C=O) groups is 2. The smallest absolute Gasteiger partial charge is 0.308 e. The fourth-order valence-electron chi connectivity index (χ4n) is 1.73. The molecule has 2 N–H and O–H groups in total. The van der Waals surface area contributed by atoms with Crippen LogP contribution in [0.5, 0.6) is 0 Å². The van der Waals surface area contributed by atoms with Gasteiger partial charge in [-0.3, -0.25) is 10.1 Å². The average Bonchev–Trinajstić information content (AvgIpc) is 2.42. The minimum absolute atomic E-state index is 0.0133. The summed E-state index contributed by atoms with van der Waals surface area (Å²) in [4.78, 5) is 27.2. The third kappa shape index (κ3) is 4.13. The Hall–Kier alpha value is -2.21. The summed E-state index contributed by atoms with van der Waals surface area (Å²) >= 11 is 3.32. The van der Waals surface area contributed by atoms with Crippen molar-refractivity contribution in [1.29, 1.82) is 0 Å². The molecule has 1 aromatic heterocycles. The minimum Gasteiger partial charge on any atom is -0.308 e. The summed E-state index contributed by atoms with van der Waals surface area (Å²) in [5.41, 5.74) is 2.06. The molecule has 0 spiro atoms. The van der Waals surface area contributed by atoms with E-state index in [0.29, 0.717) is 17.1 Å². The van der Waals surface area contributed by atoms with Gasteiger partial charge in [-0.2, -0.15) is 0 Å². The maximum absolute atomic E-state index is 11.9. The molecule has 21 heavy (non-hydrogen) atoms. The van der Waals surface area contributed by atoms with E-state index in [1.54, 1.807) is 30.5 Å². The van der Waals surface area contributed by atoms with E-state index >= 15 is 0 Å². The number of hydrogen-bond donors (Lipinski definition) is 2. The lowest BCUT2D eigenvalue weighted by Gasteiger charge is -2.09. The molecule has 0 aliphatic heterocycles. The van der Waals surface area contributed by atoms with Gasteiger partial charge in [0.05, 0.1) is 0 Å². The van der Waals surface area contributed by atoms with Crippen molar-refractivity contribution in [3.63, 3.8) is 0 Å². The molecule has 5 nitrogen and oxygen atoms in total. The van der Waals surface area contributed by atoms with Gasteiger partial charge in [0.1, 0.15) is 5.82 Å². The normalized spacial score (nSPS) is 10.0. The highest BCUT2D eigenvalue weighted by Gasteiger charge is 2.07. The fraction of sp³-hybridized carbons (Fsp3) is 0.133. The second-order valence-corrected chi connectivity index (χ2v) is 5.45. The summed E-state index contributed by atoms with van der Waals surface area (Å²) in [7, 11) is 0. The van der Waals surface area contributed by atoms with Gasteiger partial charge in [-0.25, -0.2) is 9.78 Å². The first-order valence-corrected chi connectivity index (χ1v) is 7.06.